The number of anilines is 1. The molecule has 1 aliphatic heterocycles. The van der Waals surface area contributed by atoms with E-state index in [0.29, 0.717) is 5.56 Å². The molecule has 17 heavy (non-hydrogen) atoms. The molecule has 1 unspecified atom stereocenters. The van der Waals surface area contributed by atoms with Gasteiger partial charge in [-0.25, -0.2) is 4.79 Å². The molecule has 6 heteroatoms. The number of nitrogens with zero attached hydrogens (tertiary/aromatic N) is 1. The maximum Gasteiger partial charge on any atom is 0.485 e. The summed E-state index contributed by atoms with van der Waals surface area (Å²) in [6.45, 7) is 0. The average molecular weight is 243 g/mol. The zero-order valence-electron chi connectivity index (χ0n) is 8.48. The Kier molecular flexibility index (Phi) is 2.57. The number of aliphatic carboxylic acids is 1. The van der Waals surface area contributed by atoms with Crippen LogP contribution in [0.15, 0.2) is 30.3 Å². The van der Waals surface area contributed by atoms with Gasteiger partial charge in [0.15, 0.2) is 6.04 Å². The molecule has 90 valence electrons. The number of carbonyl (C=O) groups is 1. The van der Waals surface area contributed by atoms with E-state index in [-0.39, 0.29) is 10.6 Å². The van der Waals surface area contributed by atoms with Crippen LogP contribution >= 0.6 is 0 Å². The quantitative estimate of drug-likeness (QED) is 0.770. The smallest absolute Gasteiger partial charge is 0.479 e. The number of benzene rings is 1. The summed E-state index contributed by atoms with van der Waals surface area (Å²) in [5.74, 6) is -1.53. The van der Waals surface area contributed by atoms with Crippen LogP contribution in [0.1, 0.15) is 5.56 Å². The highest BCUT2D eigenvalue weighted by atomic mass is 19.4. The summed E-state index contributed by atoms with van der Waals surface area (Å²) < 4.78 is 38.6. The molecule has 0 bridgehead atoms. The van der Waals surface area contributed by atoms with Crippen molar-refractivity contribution in [3.05, 3.63) is 35.9 Å². The van der Waals surface area contributed by atoms with E-state index in [1.54, 1.807) is 6.07 Å². The fraction of sp³-hybridized carbons (Fsp3) is 0.182. The minimum atomic E-state index is -4.73. The van der Waals surface area contributed by atoms with Gasteiger partial charge in [0, 0.05) is 0 Å². The second-order valence-corrected chi connectivity index (χ2v) is 3.54. The predicted molar refractivity (Wildman–Crippen MR) is 55.4 cm³/mol. The molecule has 1 aromatic rings. The molecule has 0 aromatic heterocycles. The van der Waals surface area contributed by atoms with E-state index in [1.165, 1.54) is 24.3 Å². The molecule has 1 heterocycles. The van der Waals surface area contributed by atoms with Gasteiger partial charge in [0.25, 0.3) is 0 Å². The molecule has 0 spiro atoms. The van der Waals surface area contributed by atoms with E-state index in [2.05, 4.69) is 0 Å². The van der Waals surface area contributed by atoms with Crippen molar-refractivity contribution >= 4 is 17.7 Å². The molecule has 1 aromatic carbocycles. The second kappa shape index (κ2) is 3.80. The number of halogens is 3. The molecule has 0 aliphatic carbocycles. The standard InChI is InChI=1S/C11H8F3NO2/c12-11(13,14)15-8-4-2-1-3-7(8)5-6-9(15)10(16)17/h1-6,9H,(H,16,17). The predicted octanol–water partition coefficient (Wildman–Crippen LogP) is 2.49. The van der Waals surface area contributed by atoms with Crippen molar-refractivity contribution in [3.8, 4) is 0 Å². The van der Waals surface area contributed by atoms with E-state index < -0.39 is 18.3 Å². The van der Waals surface area contributed by atoms with Crippen molar-refractivity contribution in [3.63, 3.8) is 0 Å². The molecule has 3 nitrogen and oxygen atoms in total. The summed E-state index contributed by atoms with van der Waals surface area (Å²) >= 11 is 0. The topological polar surface area (TPSA) is 40.5 Å². The fourth-order valence-electron chi connectivity index (χ4n) is 1.77. The normalized spacial score (nSPS) is 19.0. The third-order valence-corrected chi connectivity index (χ3v) is 2.46. The van der Waals surface area contributed by atoms with Crippen LogP contribution in [0.4, 0.5) is 18.9 Å². The van der Waals surface area contributed by atoms with Crippen LogP contribution in [0.3, 0.4) is 0 Å². The van der Waals surface area contributed by atoms with Crippen LogP contribution in [0, 0.1) is 0 Å². The van der Waals surface area contributed by atoms with Gasteiger partial charge in [0.1, 0.15) is 0 Å². The number of para-hydroxylation sites is 1. The highest BCUT2D eigenvalue weighted by Crippen LogP contribution is 2.37. The van der Waals surface area contributed by atoms with Crippen LogP contribution in [0.5, 0.6) is 0 Å². The van der Waals surface area contributed by atoms with Gasteiger partial charge in [-0.05, 0) is 17.7 Å². The fourth-order valence-corrected chi connectivity index (χ4v) is 1.77. The van der Waals surface area contributed by atoms with E-state index in [4.69, 9.17) is 5.11 Å². The van der Waals surface area contributed by atoms with Gasteiger partial charge in [-0.3, -0.25) is 4.90 Å². The van der Waals surface area contributed by atoms with E-state index in [0.717, 1.165) is 6.08 Å². The Labute approximate surface area is 94.8 Å². The molecular weight excluding hydrogens is 235 g/mol. The zero-order valence-corrected chi connectivity index (χ0v) is 8.48. The largest absolute Gasteiger partial charge is 0.485 e. The Hall–Kier alpha value is -1.98. The highest BCUT2D eigenvalue weighted by molar-refractivity contribution is 5.87. The van der Waals surface area contributed by atoms with Gasteiger partial charge in [0.05, 0.1) is 5.69 Å². The van der Waals surface area contributed by atoms with Crippen LogP contribution < -0.4 is 4.90 Å². The maximum atomic E-state index is 12.9. The lowest BCUT2D eigenvalue weighted by Crippen LogP contribution is -2.50. The lowest BCUT2D eigenvalue weighted by Gasteiger charge is -2.34. The van der Waals surface area contributed by atoms with Gasteiger partial charge < -0.3 is 5.11 Å². The van der Waals surface area contributed by atoms with Crippen molar-refractivity contribution < 1.29 is 23.1 Å². The Morgan fingerprint density at radius 2 is 1.94 bits per heavy atom. The van der Waals surface area contributed by atoms with Crippen LogP contribution in [0.2, 0.25) is 0 Å². The van der Waals surface area contributed by atoms with Gasteiger partial charge >= 0.3 is 12.3 Å². The number of carboxylic acid groups (broad SMARTS) is 1. The van der Waals surface area contributed by atoms with E-state index in [9.17, 15) is 18.0 Å². The molecule has 2 rings (SSSR count). The molecule has 1 aliphatic rings. The first-order valence-corrected chi connectivity index (χ1v) is 4.77. The first-order valence-electron chi connectivity index (χ1n) is 4.77. The van der Waals surface area contributed by atoms with Crippen LogP contribution in [0.25, 0.3) is 6.08 Å². The lowest BCUT2D eigenvalue weighted by molar-refractivity contribution is -0.152. The second-order valence-electron chi connectivity index (χ2n) is 3.54. The third kappa shape index (κ3) is 1.98. The lowest BCUT2D eigenvalue weighted by atomic mass is 10.0. The number of rotatable bonds is 1. The minimum Gasteiger partial charge on any atom is -0.479 e. The number of alkyl halides is 3. The SMILES string of the molecule is O=C(O)C1C=Cc2ccccc2N1C(F)(F)F. The van der Waals surface area contributed by atoms with E-state index >= 15 is 0 Å². The number of hydrogen-bond donors (Lipinski definition) is 1. The first-order chi connectivity index (χ1) is 7.91. The molecular formula is C11H8F3NO2. The molecule has 1 atom stereocenters. The summed E-state index contributed by atoms with van der Waals surface area (Å²) in [6.07, 6.45) is -2.32. The van der Waals surface area contributed by atoms with Crippen molar-refractivity contribution in [2.75, 3.05) is 4.90 Å². The Morgan fingerprint density at radius 3 is 2.53 bits per heavy atom. The van der Waals surface area contributed by atoms with Crippen molar-refractivity contribution in [1.29, 1.82) is 0 Å². The van der Waals surface area contributed by atoms with Gasteiger partial charge in [-0.15, -0.1) is 0 Å². The van der Waals surface area contributed by atoms with Gasteiger partial charge in [0.2, 0.25) is 0 Å². The Balaban J connectivity index is 2.56. The summed E-state index contributed by atoms with van der Waals surface area (Å²) in [4.78, 5) is 10.8. The van der Waals surface area contributed by atoms with Gasteiger partial charge in [-0.1, -0.05) is 24.3 Å². The van der Waals surface area contributed by atoms with Crippen LogP contribution in [-0.2, 0) is 4.79 Å². The monoisotopic (exact) mass is 243 g/mol. The first kappa shape index (κ1) is 11.5. The zero-order chi connectivity index (χ0) is 12.6. The minimum absolute atomic E-state index is 0.0509. The molecule has 1 N–H and O–H groups in total. The molecule has 0 saturated heterocycles. The Morgan fingerprint density at radius 1 is 1.29 bits per heavy atom. The maximum absolute atomic E-state index is 12.9. The van der Waals surface area contributed by atoms with Crippen LogP contribution in [-0.4, -0.2) is 23.4 Å². The number of hydrogen-bond acceptors (Lipinski definition) is 2. The van der Waals surface area contributed by atoms with Crippen molar-refractivity contribution in [1.82, 2.24) is 0 Å². The summed E-state index contributed by atoms with van der Waals surface area (Å²) in [5, 5.41) is 8.80. The molecule has 0 saturated carbocycles. The van der Waals surface area contributed by atoms with Gasteiger partial charge in [-0.2, -0.15) is 13.2 Å². The average Bonchev–Trinajstić information content (AvgIpc) is 2.26. The van der Waals surface area contributed by atoms with Crippen molar-refractivity contribution in [2.45, 2.75) is 12.3 Å². The molecule has 0 amide bonds. The van der Waals surface area contributed by atoms with Crippen molar-refractivity contribution in [2.24, 2.45) is 0 Å². The number of fused-ring (bicyclic) bond motifs is 1. The Bertz CT molecular complexity index is 482. The highest BCUT2D eigenvalue weighted by Gasteiger charge is 2.45. The summed E-state index contributed by atoms with van der Waals surface area (Å²) in [7, 11) is 0. The molecule has 0 fully saturated rings. The summed E-state index contributed by atoms with van der Waals surface area (Å²) in [5.41, 5.74) is 0.206. The number of carboxylic acids is 1. The van der Waals surface area contributed by atoms with E-state index in [1.807, 2.05) is 0 Å². The third-order valence-electron chi connectivity index (χ3n) is 2.46. The molecule has 0 radical (unpaired) electrons. The summed E-state index contributed by atoms with van der Waals surface area (Å²) in [6, 6.07) is 4.07.